The van der Waals surface area contributed by atoms with Crippen LogP contribution in [-0.2, 0) is 11.2 Å². The van der Waals surface area contributed by atoms with Gasteiger partial charge in [0.2, 0.25) is 0 Å². The van der Waals surface area contributed by atoms with Crippen molar-refractivity contribution in [2.24, 2.45) is 0 Å². The van der Waals surface area contributed by atoms with Crippen LogP contribution in [0.4, 0.5) is 0 Å². The summed E-state index contributed by atoms with van der Waals surface area (Å²) in [6.45, 7) is 4.07. The number of hydrogen-bond acceptors (Lipinski definition) is 4. The van der Waals surface area contributed by atoms with Gasteiger partial charge in [0, 0.05) is 18.4 Å². The third-order valence-electron chi connectivity index (χ3n) is 6.36. The highest BCUT2D eigenvalue weighted by molar-refractivity contribution is 6.00. The van der Waals surface area contributed by atoms with Crippen molar-refractivity contribution in [2.75, 3.05) is 0 Å². The van der Waals surface area contributed by atoms with Crippen molar-refractivity contribution in [1.29, 1.82) is 0 Å². The second-order valence-corrected chi connectivity index (χ2v) is 8.79. The SMILES string of the molecule is CCCCc1nc2ccc(C(=O)CCC(=O)O)cc2n1-c1cccc(-c2ccccc2C(=O)O)c1C. The molecular formula is C29H28N2O5. The lowest BCUT2D eigenvalue weighted by atomic mass is 9.95. The summed E-state index contributed by atoms with van der Waals surface area (Å²) in [4.78, 5) is 40.4. The Labute approximate surface area is 209 Å². The summed E-state index contributed by atoms with van der Waals surface area (Å²) >= 11 is 0. The summed E-state index contributed by atoms with van der Waals surface area (Å²) in [7, 11) is 0. The first-order chi connectivity index (χ1) is 17.3. The number of benzene rings is 3. The second kappa shape index (κ2) is 10.6. The number of hydrogen-bond donors (Lipinski definition) is 2. The van der Waals surface area contributed by atoms with Crippen LogP contribution in [0.5, 0.6) is 0 Å². The van der Waals surface area contributed by atoms with Crippen LogP contribution in [0, 0.1) is 6.92 Å². The van der Waals surface area contributed by atoms with Gasteiger partial charge in [-0.2, -0.15) is 0 Å². The van der Waals surface area contributed by atoms with E-state index in [9.17, 15) is 19.5 Å². The van der Waals surface area contributed by atoms with E-state index in [-0.39, 0.29) is 24.2 Å². The van der Waals surface area contributed by atoms with E-state index in [4.69, 9.17) is 10.1 Å². The predicted octanol–water partition coefficient (Wildman–Crippen LogP) is 6.09. The smallest absolute Gasteiger partial charge is 0.336 e. The molecule has 4 rings (SSSR count). The van der Waals surface area contributed by atoms with Crippen molar-refractivity contribution in [1.82, 2.24) is 9.55 Å². The number of aromatic nitrogens is 2. The third-order valence-corrected chi connectivity index (χ3v) is 6.36. The van der Waals surface area contributed by atoms with Crippen LogP contribution < -0.4 is 0 Å². The normalized spacial score (nSPS) is 11.1. The maximum Gasteiger partial charge on any atom is 0.336 e. The molecule has 1 heterocycles. The topological polar surface area (TPSA) is 109 Å². The highest BCUT2D eigenvalue weighted by Gasteiger charge is 2.19. The predicted molar refractivity (Wildman–Crippen MR) is 138 cm³/mol. The fourth-order valence-corrected chi connectivity index (χ4v) is 4.50. The van der Waals surface area contributed by atoms with Gasteiger partial charge in [0.05, 0.1) is 28.7 Å². The molecule has 184 valence electrons. The van der Waals surface area contributed by atoms with E-state index in [1.165, 1.54) is 0 Å². The number of aromatic carboxylic acids is 1. The first-order valence-corrected chi connectivity index (χ1v) is 12.0. The van der Waals surface area contributed by atoms with E-state index in [0.29, 0.717) is 11.1 Å². The minimum absolute atomic E-state index is 0.0713. The third kappa shape index (κ3) is 4.91. The zero-order valence-electron chi connectivity index (χ0n) is 20.3. The summed E-state index contributed by atoms with van der Waals surface area (Å²) in [5.74, 6) is -1.38. The summed E-state index contributed by atoms with van der Waals surface area (Å²) in [6.07, 6.45) is 2.38. The fourth-order valence-electron chi connectivity index (χ4n) is 4.50. The summed E-state index contributed by atoms with van der Waals surface area (Å²) in [6, 6.07) is 18.0. The van der Waals surface area contributed by atoms with E-state index in [1.807, 2.05) is 35.8 Å². The summed E-state index contributed by atoms with van der Waals surface area (Å²) < 4.78 is 2.04. The minimum Gasteiger partial charge on any atom is -0.481 e. The number of rotatable bonds is 10. The molecule has 7 heteroatoms. The van der Waals surface area contributed by atoms with Gasteiger partial charge in [-0.05, 0) is 60.4 Å². The molecule has 0 aliphatic heterocycles. The number of carboxylic acid groups (broad SMARTS) is 2. The average molecular weight is 485 g/mol. The molecule has 0 spiro atoms. The molecular weight excluding hydrogens is 456 g/mol. The summed E-state index contributed by atoms with van der Waals surface area (Å²) in [5.41, 5.74) is 5.36. The number of Topliss-reactive ketones (excluding diaryl/α,β-unsaturated/α-hetero) is 1. The fraction of sp³-hybridized carbons (Fsp3) is 0.241. The Kier molecular flexibility index (Phi) is 7.29. The van der Waals surface area contributed by atoms with Crippen molar-refractivity contribution < 1.29 is 24.6 Å². The van der Waals surface area contributed by atoms with Crippen molar-refractivity contribution in [3.63, 3.8) is 0 Å². The van der Waals surface area contributed by atoms with Crippen LogP contribution in [0.15, 0.2) is 60.7 Å². The Bertz CT molecular complexity index is 1470. The van der Waals surface area contributed by atoms with Crippen LogP contribution >= 0.6 is 0 Å². The van der Waals surface area contributed by atoms with E-state index >= 15 is 0 Å². The molecule has 0 atom stereocenters. The molecule has 0 saturated carbocycles. The van der Waals surface area contributed by atoms with Gasteiger partial charge < -0.3 is 10.2 Å². The van der Waals surface area contributed by atoms with Crippen LogP contribution in [0.1, 0.15) is 64.7 Å². The Morgan fingerprint density at radius 3 is 2.39 bits per heavy atom. The van der Waals surface area contributed by atoms with Crippen LogP contribution in [0.2, 0.25) is 0 Å². The molecule has 3 aromatic carbocycles. The number of fused-ring (bicyclic) bond motifs is 1. The zero-order valence-corrected chi connectivity index (χ0v) is 20.3. The largest absolute Gasteiger partial charge is 0.481 e. The maximum atomic E-state index is 12.7. The molecule has 7 nitrogen and oxygen atoms in total. The van der Waals surface area contributed by atoms with E-state index in [2.05, 4.69) is 6.92 Å². The van der Waals surface area contributed by atoms with Gasteiger partial charge in [-0.1, -0.05) is 43.7 Å². The first-order valence-electron chi connectivity index (χ1n) is 12.0. The molecule has 0 saturated heterocycles. The standard InChI is InChI=1S/C29H28N2O5/c1-3-4-12-27-30-23-14-13-19(26(32)15-16-28(33)34)17-25(23)31(27)24-11-7-10-20(18(24)2)21-8-5-6-9-22(21)29(35)36/h5-11,13-14,17H,3-4,12,15-16H2,1-2H3,(H,33,34)(H,35,36). The monoisotopic (exact) mass is 484 g/mol. The van der Waals surface area contributed by atoms with Crippen molar-refractivity contribution >= 4 is 28.8 Å². The number of imidazole rings is 1. The molecule has 0 aliphatic rings. The lowest BCUT2D eigenvalue weighted by molar-refractivity contribution is -0.136. The van der Waals surface area contributed by atoms with Gasteiger partial charge >= 0.3 is 11.9 Å². The lowest BCUT2D eigenvalue weighted by Crippen LogP contribution is -2.07. The summed E-state index contributed by atoms with van der Waals surface area (Å²) in [5, 5.41) is 18.7. The molecule has 4 aromatic rings. The van der Waals surface area contributed by atoms with Gasteiger partial charge in [0.1, 0.15) is 5.82 Å². The van der Waals surface area contributed by atoms with Crippen molar-refractivity contribution in [3.05, 3.63) is 83.2 Å². The number of aliphatic carboxylic acids is 1. The molecule has 1 aromatic heterocycles. The van der Waals surface area contributed by atoms with Gasteiger partial charge in [-0.25, -0.2) is 9.78 Å². The van der Waals surface area contributed by atoms with Crippen LogP contribution in [0.3, 0.4) is 0 Å². The lowest BCUT2D eigenvalue weighted by Gasteiger charge is -2.17. The highest BCUT2D eigenvalue weighted by atomic mass is 16.4. The molecule has 0 aliphatic carbocycles. The average Bonchev–Trinajstić information content (AvgIpc) is 3.23. The number of ketones is 1. The van der Waals surface area contributed by atoms with Gasteiger partial charge in [-0.15, -0.1) is 0 Å². The quantitative estimate of drug-likeness (QED) is 0.264. The Hall–Kier alpha value is -4.26. The minimum atomic E-state index is -1.01. The van der Waals surface area contributed by atoms with Gasteiger partial charge in [0.25, 0.3) is 0 Å². The van der Waals surface area contributed by atoms with E-state index in [0.717, 1.165) is 52.9 Å². The Morgan fingerprint density at radius 2 is 1.67 bits per heavy atom. The molecule has 0 bridgehead atoms. The maximum absolute atomic E-state index is 12.7. The Balaban J connectivity index is 1.90. The molecule has 0 radical (unpaired) electrons. The van der Waals surface area contributed by atoms with Gasteiger partial charge in [0.15, 0.2) is 5.78 Å². The number of carboxylic acids is 2. The molecule has 36 heavy (non-hydrogen) atoms. The number of carbonyl (C=O) groups excluding carboxylic acids is 1. The molecule has 0 fully saturated rings. The van der Waals surface area contributed by atoms with Crippen molar-refractivity contribution in [2.45, 2.75) is 46.0 Å². The van der Waals surface area contributed by atoms with Crippen LogP contribution in [-0.4, -0.2) is 37.5 Å². The molecule has 2 N–H and O–H groups in total. The second-order valence-electron chi connectivity index (χ2n) is 8.79. The van der Waals surface area contributed by atoms with E-state index < -0.39 is 11.9 Å². The Morgan fingerprint density at radius 1 is 0.917 bits per heavy atom. The van der Waals surface area contributed by atoms with Crippen molar-refractivity contribution in [3.8, 4) is 16.8 Å². The van der Waals surface area contributed by atoms with Gasteiger partial charge in [-0.3, -0.25) is 14.2 Å². The first kappa shape index (κ1) is 24.9. The zero-order chi connectivity index (χ0) is 25.8. The molecule has 0 amide bonds. The number of unbranched alkanes of at least 4 members (excludes halogenated alkanes) is 1. The number of nitrogens with zero attached hydrogens (tertiary/aromatic N) is 2. The number of carbonyl (C=O) groups is 3. The molecule has 0 unspecified atom stereocenters. The number of aryl methyl sites for hydroxylation is 1. The van der Waals surface area contributed by atoms with E-state index in [1.54, 1.807) is 36.4 Å². The van der Waals surface area contributed by atoms with Crippen LogP contribution in [0.25, 0.3) is 27.8 Å². The highest BCUT2D eigenvalue weighted by Crippen LogP contribution is 2.33.